The number of carbonyl (C=O) groups excluding carboxylic acids is 1. The van der Waals surface area contributed by atoms with E-state index in [1.165, 1.54) is 53.4 Å². The van der Waals surface area contributed by atoms with E-state index in [4.69, 9.17) is 29.3 Å². The molecule has 17 heteroatoms. The van der Waals surface area contributed by atoms with Crippen molar-refractivity contribution in [3.05, 3.63) is 101 Å². The number of benzene rings is 2. The average molecular weight is 709 g/mol. The summed E-state index contributed by atoms with van der Waals surface area (Å²) in [4.78, 5) is 34.9. The van der Waals surface area contributed by atoms with Crippen molar-refractivity contribution in [1.82, 2.24) is 14.8 Å². The zero-order valence-corrected chi connectivity index (χ0v) is 27.2. The number of aromatic nitrogens is 3. The van der Waals surface area contributed by atoms with Crippen LogP contribution in [0.25, 0.3) is 6.08 Å². The molecule has 2 heterocycles. The maximum absolute atomic E-state index is 15.5. The highest BCUT2D eigenvalue weighted by atomic mass is 32.2. The Hall–Kier alpha value is -3.81. The second kappa shape index (κ2) is 17.0. The summed E-state index contributed by atoms with van der Waals surface area (Å²) < 4.78 is 78.0. The molecule has 1 aliphatic heterocycles. The molecule has 0 amide bonds. The van der Waals surface area contributed by atoms with Crippen molar-refractivity contribution in [2.75, 3.05) is 19.8 Å². The maximum atomic E-state index is 15.5. The first-order chi connectivity index (χ1) is 22.9. The van der Waals surface area contributed by atoms with Gasteiger partial charge in [-0.2, -0.15) is 10.4 Å². The lowest BCUT2D eigenvalue weighted by Crippen LogP contribution is -2.47. The molecule has 4 rings (SSSR count). The molecule has 1 saturated heterocycles. The normalized spacial score (nSPS) is 18.9. The van der Waals surface area contributed by atoms with Crippen LogP contribution in [0.4, 0.5) is 13.2 Å². The Morgan fingerprint density at radius 1 is 1.21 bits per heavy atom. The molecule has 0 saturated carbocycles. The standard InChI is InChI=1S/C31H32F3N4O8PS/c1-21(48-25-16-43-30(44-17-25)7-3-2-5-23-9-8-22(15-35)13-27(23)33)31(18-38-20-36-19-37-38,26-11-10-24(32)14-28(26)34)46-29(39)6-4-12-45-47(40,41)42/h2-3,5,7-11,13-14,19-21,25,30H,4,6,12,16-18H2,1H3,(H2,40,41,42)/t21-,25?,30?,31-/m1/s1. The number of phosphoric ester groups is 1. The number of nitrogens with zero attached hydrogens (tertiary/aromatic N) is 4. The lowest BCUT2D eigenvalue weighted by Gasteiger charge is -2.40. The van der Waals surface area contributed by atoms with Gasteiger partial charge in [0.05, 0.1) is 43.2 Å². The summed E-state index contributed by atoms with van der Waals surface area (Å²) in [5.74, 6) is -3.15. The van der Waals surface area contributed by atoms with Gasteiger partial charge in [0.25, 0.3) is 0 Å². The Kier molecular flexibility index (Phi) is 13.1. The molecule has 2 N–H and O–H groups in total. The molecule has 48 heavy (non-hydrogen) atoms. The molecule has 0 aliphatic carbocycles. The van der Waals surface area contributed by atoms with Crippen LogP contribution < -0.4 is 0 Å². The Balaban J connectivity index is 1.47. The van der Waals surface area contributed by atoms with Crippen molar-refractivity contribution in [3.63, 3.8) is 0 Å². The first kappa shape index (κ1) is 37.0. The van der Waals surface area contributed by atoms with Crippen molar-refractivity contribution >= 4 is 31.6 Å². The zero-order valence-electron chi connectivity index (χ0n) is 25.5. The van der Waals surface area contributed by atoms with Crippen LogP contribution >= 0.6 is 19.6 Å². The third-order valence-electron chi connectivity index (χ3n) is 7.06. The summed E-state index contributed by atoms with van der Waals surface area (Å²) >= 11 is 1.28. The van der Waals surface area contributed by atoms with Crippen molar-refractivity contribution in [3.8, 4) is 6.07 Å². The maximum Gasteiger partial charge on any atom is 0.469 e. The zero-order chi connectivity index (χ0) is 34.7. The van der Waals surface area contributed by atoms with Gasteiger partial charge < -0.3 is 24.0 Å². The van der Waals surface area contributed by atoms with Crippen LogP contribution in [0.2, 0.25) is 0 Å². The topological polar surface area (TPSA) is 166 Å². The number of phosphoric acid groups is 1. The third-order valence-corrected chi connectivity index (χ3v) is 9.03. The van der Waals surface area contributed by atoms with Crippen molar-refractivity contribution < 1.29 is 51.1 Å². The number of esters is 1. The number of rotatable bonds is 15. The molecule has 1 aliphatic rings. The summed E-state index contributed by atoms with van der Waals surface area (Å²) in [6.45, 7) is 1.45. The van der Waals surface area contributed by atoms with Gasteiger partial charge in [-0.15, -0.1) is 11.8 Å². The summed E-state index contributed by atoms with van der Waals surface area (Å²) in [6, 6.07) is 8.94. The SMILES string of the molecule is C[C@@H](SC1COC(C=CC=Cc2ccc(C#N)cc2F)OC1)[C@@](Cn1cncn1)(OC(=O)CCCOP(=O)(O)O)c1ccc(F)cc1F. The van der Waals surface area contributed by atoms with Crippen LogP contribution in [0.5, 0.6) is 0 Å². The van der Waals surface area contributed by atoms with Crippen LogP contribution in [0, 0.1) is 28.8 Å². The second-order valence-electron chi connectivity index (χ2n) is 10.5. The van der Waals surface area contributed by atoms with Gasteiger partial charge in [0.1, 0.15) is 30.1 Å². The fraction of sp³-hybridized carbons (Fsp3) is 0.355. The molecule has 12 nitrogen and oxygen atoms in total. The number of nitriles is 1. The predicted octanol–water partition coefficient (Wildman–Crippen LogP) is 5.03. The number of carbonyl (C=O) groups is 1. The van der Waals surface area contributed by atoms with E-state index in [0.29, 0.717) is 11.6 Å². The highest BCUT2D eigenvalue weighted by molar-refractivity contribution is 8.00. The quantitative estimate of drug-likeness (QED) is 0.0938. The number of hydrogen-bond donors (Lipinski definition) is 2. The number of ether oxygens (including phenoxy) is 3. The van der Waals surface area contributed by atoms with E-state index < -0.39 is 55.0 Å². The summed E-state index contributed by atoms with van der Waals surface area (Å²) in [7, 11) is -4.74. The Labute approximate surface area is 278 Å². The molecular weight excluding hydrogens is 676 g/mol. The van der Waals surface area contributed by atoms with Crippen LogP contribution in [-0.4, -0.2) is 67.1 Å². The molecular formula is C31H32F3N4O8PS. The molecule has 0 radical (unpaired) electrons. The lowest BCUT2D eigenvalue weighted by molar-refractivity contribution is -0.164. The van der Waals surface area contributed by atoms with Crippen molar-refractivity contribution in [2.24, 2.45) is 0 Å². The number of allylic oxidation sites excluding steroid dienone is 2. The Morgan fingerprint density at radius 3 is 2.62 bits per heavy atom. The van der Waals surface area contributed by atoms with Gasteiger partial charge in [-0.3, -0.25) is 9.32 Å². The van der Waals surface area contributed by atoms with Gasteiger partial charge in [0.2, 0.25) is 0 Å². The van der Waals surface area contributed by atoms with E-state index in [9.17, 15) is 18.1 Å². The van der Waals surface area contributed by atoms with Gasteiger partial charge in [0.15, 0.2) is 11.9 Å². The highest BCUT2D eigenvalue weighted by Gasteiger charge is 2.46. The van der Waals surface area contributed by atoms with Crippen LogP contribution in [0.15, 0.2) is 67.3 Å². The van der Waals surface area contributed by atoms with E-state index in [0.717, 1.165) is 12.1 Å². The molecule has 0 bridgehead atoms. The molecule has 256 valence electrons. The number of thioether (sulfide) groups is 1. The molecule has 2 atom stereocenters. The smallest absolute Gasteiger partial charge is 0.451 e. The van der Waals surface area contributed by atoms with Gasteiger partial charge in [-0.05, 0) is 43.7 Å². The van der Waals surface area contributed by atoms with Gasteiger partial charge in [0, 0.05) is 28.9 Å². The van der Waals surface area contributed by atoms with Crippen LogP contribution in [-0.2, 0) is 40.2 Å². The fourth-order valence-electron chi connectivity index (χ4n) is 4.78. The first-order valence-corrected chi connectivity index (χ1v) is 17.0. The first-order valence-electron chi connectivity index (χ1n) is 14.5. The lowest BCUT2D eigenvalue weighted by atomic mass is 9.89. The predicted molar refractivity (Wildman–Crippen MR) is 167 cm³/mol. The highest BCUT2D eigenvalue weighted by Crippen LogP contribution is 2.42. The van der Waals surface area contributed by atoms with E-state index in [-0.39, 0.29) is 49.0 Å². The molecule has 1 fully saturated rings. The molecule has 0 spiro atoms. The van der Waals surface area contributed by atoms with Gasteiger partial charge in [-0.1, -0.05) is 24.3 Å². The molecule has 1 aromatic heterocycles. The van der Waals surface area contributed by atoms with E-state index in [1.54, 1.807) is 25.2 Å². The summed E-state index contributed by atoms with van der Waals surface area (Å²) in [5, 5.41) is 11.9. The average Bonchev–Trinajstić information content (AvgIpc) is 3.55. The van der Waals surface area contributed by atoms with Crippen LogP contribution in [0.3, 0.4) is 0 Å². The van der Waals surface area contributed by atoms with Gasteiger partial charge in [-0.25, -0.2) is 27.4 Å². The minimum atomic E-state index is -4.74. The van der Waals surface area contributed by atoms with E-state index >= 15 is 4.39 Å². The summed E-state index contributed by atoms with van der Waals surface area (Å²) in [6.07, 6.45) is 7.85. The summed E-state index contributed by atoms with van der Waals surface area (Å²) in [5.41, 5.74) is -1.37. The minimum Gasteiger partial charge on any atom is -0.451 e. The largest absolute Gasteiger partial charge is 0.469 e. The Bertz CT molecular complexity index is 1690. The molecule has 2 aromatic carbocycles. The Morgan fingerprint density at radius 2 is 1.98 bits per heavy atom. The van der Waals surface area contributed by atoms with Crippen molar-refractivity contribution in [1.29, 1.82) is 5.26 Å². The number of hydrogen-bond acceptors (Lipinski definition) is 10. The van der Waals surface area contributed by atoms with Crippen molar-refractivity contribution in [2.45, 2.75) is 48.7 Å². The second-order valence-corrected chi connectivity index (χ2v) is 13.4. The minimum absolute atomic E-state index is 0.104. The third kappa shape index (κ3) is 10.6. The van der Waals surface area contributed by atoms with Crippen LogP contribution in [0.1, 0.15) is 36.5 Å². The van der Waals surface area contributed by atoms with E-state index in [2.05, 4.69) is 14.6 Å². The molecule has 3 aromatic rings. The van der Waals surface area contributed by atoms with Gasteiger partial charge >= 0.3 is 13.8 Å². The monoisotopic (exact) mass is 708 g/mol. The van der Waals surface area contributed by atoms with E-state index in [1.807, 2.05) is 6.07 Å². The fourth-order valence-corrected chi connectivity index (χ4v) is 6.51. The molecule has 0 unspecified atom stereocenters. The number of halogens is 3.